The normalized spacial score (nSPS) is 29.1. The molecule has 2 fully saturated rings. The van der Waals surface area contributed by atoms with Crippen LogP contribution >= 0.6 is 11.8 Å². The summed E-state index contributed by atoms with van der Waals surface area (Å²) < 4.78 is 2.04. The highest BCUT2D eigenvalue weighted by atomic mass is 32.2. The molecule has 3 atom stereocenters. The van der Waals surface area contributed by atoms with Crippen LogP contribution in [0.1, 0.15) is 44.6 Å². The van der Waals surface area contributed by atoms with Crippen LogP contribution in [0.3, 0.4) is 0 Å². The summed E-state index contributed by atoms with van der Waals surface area (Å²) in [5.74, 6) is 1.47. The van der Waals surface area contributed by atoms with Gasteiger partial charge in [0.2, 0.25) is 5.91 Å². The number of amides is 1. The zero-order valence-electron chi connectivity index (χ0n) is 14.0. The van der Waals surface area contributed by atoms with Crippen LogP contribution in [0.15, 0.2) is 24.5 Å². The molecule has 1 saturated heterocycles. The van der Waals surface area contributed by atoms with Crippen molar-refractivity contribution in [3.8, 4) is 0 Å². The minimum atomic E-state index is -0.517. The van der Waals surface area contributed by atoms with Crippen LogP contribution in [0.25, 0.3) is 0 Å². The molecule has 0 bridgehead atoms. The van der Waals surface area contributed by atoms with E-state index >= 15 is 0 Å². The van der Waals surface area contributed by atoms with Crippen molar-refractivity contribution in [2.75, 3.05) is 25.1 Å². The monoisotopic (exact) mass is 336 g/mol. The number of hydrogen-bond donors (Lipinski definition) is 1. The van der Waals surface area contributed by atoms with Gasteiger partial charge in [-0.05, 0) is 49.8 Å². The molecule has 0 aromatic carbocycles. The minimum Gasteiger partial charge on any atom is -0.389 e. The first-order valence-corrected chi connectivity index (χ1v) is 10.2. The van der Waals surface area contributed by atoms with E-state index in [4.69, 9.17) is 0 Å². The van der Waals surface area contributed by atoms with E-state index in [0.29, 0.717) is 6.54 Å². The zero-order valence-corrected chi connectivity index (χ0v) is 14.8. The molecule has 2 aliphatic rings. The van der Waals surface area contributed by atoms with Gasteiger partial charge in [-0.3, -0.25) is 4.79 Å². The van der Waals surface area contributed by atoms with Gasteiger partial charge in [-0.2, -0.15) is 11.8 Å². The summed E-state index contributed by atoms with van der Waals surface area (Å²) >= 11 is 1.78. The third-order valence-electron chi connectivity index (χ3n) is 5.61. The van der Waals surface area contributed by atoms with E-state index in [1.165, 1.54) is 6.42 Å². The van der Waals surface area contributed by atoms with Crippen molar-refractivity contribution < 1.29 is 9.90 Å². The second-order valence-corrected chi connectivity index (χ2v) is 7.99. The third kappa shape index (κ3) is 3.61. The van der Waals surface area contributed by atoms with Crippen LogP contribution in [0, 0.1) is 5.92 Å². The first-order chi connectivity index (χ1) is 11.1. The molecule has 1 N–H and O–H groups in total. The van der Waals surface area contributed by atoms with Gasteiger partial charge in [-0.25, -0.2) is 0 Å². The number of likely N-dealkylation sites (tertiary alicyclic amines) is 1. The number of nitrogens with zero attached hydrogens (tertiary/aromatic N) is 2. The highest BCUT2D eigenvalue weighted by Crippen LogP contribution is 2.40. The van der Waals surface area contributed by atoms with Crippen molar-refractivity contribution >= 4 is 17.7 Å². The number of fused-ring (bicyclic) bond motifs is 1. The Labute approximate surface area is 143 Å². The molecule has 4 nitrogen and oxygen atoms in total. The second kappa shape index (κ2) is 7.31. The highest BCUT2D eigenvalue weighted by molar-refractivity contribution is 7.98. The van der Waals surface area contributed by atoms with Gasteiger partial charge < -0.3 is 14.6 Å². The van der Waals surface area contributed by atoms with Gasteiger partial charge >= 0.3 is 0 Å². The fraction of sp³-hybridized carbons (Fsp3) is 0.722. The number of aliphatic hydroxyl groups is 1. The van der Waals surface area contributed by atoms with Crippen LogP contribution in [-0.4, -0.2) is 51.2 Å². The molecule has 0 radical (unpaired) electrons. The van der Waals surface area contributed by atoms with Gasteiger partial charge in [0.15, 0.2) is 0 Å². The minimum absolute atomic E-state index is 0.104. The van der Waals surface area contributed by atoms with Gasteiger partial charge in [-0.15, -0.1) is 0 Å². The Hall–Kier alpha value is -0.940. The van der Waals surface area contributed by atoms with Crippen molar-refractivity contribution in [3.05, 3.63) is 24.5 Å². The van der Waals surface area contributed by atoms with Crippen LogP contribution in [-0.2, 0) is 4.79 Å². The maximum atomic E-state index is 13.1. The Morgan fingerprint density at radius 2 is 2.13 bits per heavy atom. The number of piperidine rings is 1. The molecule has 1 aliphatic carbocycles. The van der Waals surface area contributed by atoms with Gasteiger partial charge in [0.1, 0.15) is 6.04 Å². The third-order valence-corrected chi connectivity index (χ3v) is 6.25. The smallest absolute Gasteiger partial charge is 0.245 e. The summed E-state index contributed by atoms with van der Waals surface area (Å²) in [4.78, 5) is 15.1. The summed E-state index contributed by atoms with van der Waals surface area (Å²) in [7, 11) is 0. The number of hydrogen-bond acceptors (Lipinski definition) is 3. The number of carbonyl (C=O) groups excluding carboxylic acids is 1. The zero-order chi connectivity index (χ0) is 16.3. The first-order valence-electron chi connectivity index (χ1n) is 8.76. The lowest BCUT2D eigenvalue weighted by Gasteiger charge is -2.48. The lowest BCUT2D eigenvalue weighted by molar-refractivity contribution is -0.146. The molecule has 1 aromatic heterocycles. The van der Waals surface area contributed by atoms with Gasteiger partial charge in [0.05, 0.1) is 5.60 Å². The van der Waals surface area contributed by atoms with E-state index in [2.05, 4.69) is 6.26 Å². The average Bonchev–Trinajstić information content (AvgIpc) is 3.08. The predicted molar refractivity (Wildman–Crippen MR) is 94.6 cm³/mol. The van der Waals surface area contributed by atoms with Crippen LogP contribution < -0.4 is 0 Å². The molecule has 3 rings (SSSR count). The van der Waals surface area contributed by atoms with E-state index in [-0.39, 0.29) is 17.9 Å². The summed E-state index contributed by atoms with van der Waals surface area (Å²) in [5.41, 5.74) is -0.517. The van der Waals surface area contributed by atoms with Crippen molar-refractivity contribution in [3.63, 3.8) is 0 Å². The first kappa shape index (κ1) is 16.9. The quantitative estimate of drug-likeness (QED) is 0.899. The Morgan fingerprint density at radius 1 is 1.35 bits per heavy atom. The maximum absolute atomic E-state index is 13.1. The topological polar surface area (TPSA) is 45.5 Å². The largest absolute Gasteiger partial charge is 0.389 e. The fourth-order valence-electron chi connectivity index (χ4n) is 4.17. The summed E-state index contributed by atoms with van der Waals surface area (Å²) in [6.07, 6.45) is 11.9. The molecular weight excluding hydrogens is 308 g/mol. The average molecular weight is 337 g/mol. The molecule has 2 heterocycles. The molecule has 128 valence electrons. The van der Waals surface area contributed by atoms with Crippen LogP contribution in [0.5, 0.6) is 0 Å². The van der Waals surface area contributed by atoms with Crippen molar-refractivity contribution in [2.45, 2.75) is 50.2 Å². The van der Waals surface area contributed by atoms with Crippen molar-refractivity contribution in [1.29, 1.82) is 0 Å². The predicted octanol–water partition coefficient (Wildman–Crippen LogP) is 2.94. The molecule has 1 saturated carbocycles. The number of rotatable bonds is 5. The molecule has 1 aromatic rings. The van der Waals surface area contributed by atoms with Gasteiger partial charge in [-0.1, -0.05) is 12.8 Å². The summed E-state index contributed by atoms with van der Waals surface area (Å²) in [6.45, 7) is 1.43. The molecule has 5 heteroatoms. The summed E-state index contributed by atoms with van der Waals surface area (Å²) in [5, 5.41) is 10.8. The Balaban J connectivity index is 1.70. The standard InChI is InChI=1S/C18H28N2O2S/c1-23-13-7-16(19-10-4-5-11-19)17(21)20-12-9-18(22)8-3-2-6-15(18)14-20/h4-5,10-11,15-16,22H,2-3,6-9,12-14H2,1H3/t15-,16+,18-/m0/s1. The number of aromatic nitrogens is 1. The number of carbonyl (C=O) groups is 1. The molecular formula is C18H28N2O2S. The molecule has 23 heavy (non-hydrogen) atoms. The van der Waals surface area contributed by atoms with E-state index < -0.39 is 5.60 Å². The second-order valence-electron chi connectivity index (χ2n) is 7.01. The maximum Gasteiger partial charge on any atom is 0.245 e. The Bertz CT molecular complexity index is 519. The van der Waals surface area contributed by atoms with Gasteiger partial charge in [0, 0.05) is 31.4 Å². The summed E-state index contributed by atoms with van der Waals surface area (Å²) in [6, 6.07) is 3.86. The van der Waals surface area contributed by atoms with Gasteiger partial charge in [0.25, 0.3) is 0 Å². The highest BCUT2D eigenvalue weighted by Gasteiger charge is 2.44. The van der Waals surface area contributed by atoms with Crippen LogP contribution in [0.2, 0.25) is 0 Å². The van der Waals surface area contributed by atoms with E-state index in [0.717, 1.165) is 44.4 Å². The van der Waals surface area contributed by atoms with E-state index in [9.17, 15) is 9.90 Å². The van der Waals surface area contributed by atoms with E-state index in [1.54, 1.807) is 11.8 Å². The molecule has 0 spiro atoms. The van der Waals surface area contributed by atoms with Crippen molar-refractivity contribution in [1.82, 2.24) is 9.47 Å². The lowest BCUT2D eigenvalue weighted by atomic mass is 9.71. The van der Waals surface area contributed by atoms with Crippen LogP contribution in [0.4, 0.5) is 0 Å². The SMILES string of the molecule is CSCC[C@H](C(=O)N1CC[C@@]2(O)CCCC[C@H]2C1)n1cccc1. The van der Waals surface area contributed by atoms with Crippen molar-refractivity contribution in [2.24, 2.45) is 5.92 Å². The molecule has 1 amide bonds. The fourth-order valence-corrected chi connectivity index (χ4v) is 4.63. The Morgan fingerprint density at radius 3 is 2.87 bits per heavy atom. The van der Waals surface area contributed by atoms with E-state index in [1.807, 2.05) is 34.0 Å². The molecule has 1 aliphatic heterocycles. The number of thioether (sulfide) groups is 1. The lowest BCUT2D eigenvalue weighted by Crippen LogP contribution is -2.55. The Kier molecular flexibility index (Phi) is 5.37. The molecule has 0 unspecified atom stereocenters.